The number of hydrogen-bond donors (Lipinski definition) is 3. The van der Waals surface area contributed by atoms with Gasteiger partial charge in [-0.2, -0.15) is 0 Å². The predicted molar refractivity (Wildman–Crippen MR) is 69.4 cm³/mol. The molecule has 0 radical (unpaired) electrons. The van der Waals surface area contributed by atoms with Crippen molar-refractivity contribution in [3.8, 4) is 0 Å². The molecule has 0 aromatic heterocycles. The van der Waals surface area contributed by atoms with Crippen molar-refractivity contribution in [1.29, 1.82) is 0 Å². The zero-order valence-electron chi connectivity index (χ0n) is 10.4. The lowest BCUT2D eigenvalue weighted by molar-refractivity contribution is -0.116. The molecule has 18 heavy (non-hydrogen) atoms. The van der Waals surface area contributed by atoms with E-state index in [2.05, 4.69) is 10.6 Å². The molecule has 0 aliphatic rings. The Balaban J connectivity index is 2.66. The average molecular weight is 250 g/mol. The number of carbonyl (C=O) groups excluding carboxylic acids is 2. The molecule has 0 unspecified atom stereocenters. The predicted octanol–water partition coefficient (Wildman–Crippen LogP) is 1.15. The molecule has 0 saturated carbocycles. The molecule has 0 atom stereocenters. The maximum Gasteiger partial charge on any atom is 0.253 e. The maximum absolute atomic E-state index is 11.6. The number of amides is 2. The minimum absolute atomic E-state index is 0.0854. The van der Waals surface area contributed by atoms with Gasteiger partial charge in [0.2, 0.25) is 5.91 Å². The van der Waals surface area contributed by atoms with Crippen LogP contribution in [0.5, 0.6) is 0 Å². The quantitative estimate of drug-likeness (QED) is 0.663. The van der Waals surface area contributed by atoms with Gasteiger partial charge in [-0.1, -0.05) is 12.1 Å². The number of benzene rings is 1. The van der Waals surface area contributed by atoms with E-state index in [0.29, 0.717) is 30.5 Å². The lowest BCUT2D eigenvalue weighted by Gasteiger charge is -2.09. The molecule has 0 bridgehead atoms. The maximum atomic E-state index is 11.6. The van der Waals surface area contributed by atoms with Crippen LogP contribution in [0.3, 0.4) is 0 Å². The van der Waals surface area contributed by atoms with Crippen molar-refractivity contribution in [3.05, 3.63) is 29.8 Å². The van der Waals surface area contributed by atoms with Crippen molar-refractivity contribution >= 4 is 17.5 Å². The second-order valence-electron chi connectivity index (χ2n) is 3.85. The van der Waals surface area contributed by atoms with Crippen molar-refractivity contribution in [2.75, 3.05) is 19.0 Å². The number of nitrogens with one attached hydrogen (secondary N) is 2. The standard InChI is InChI=1S/C13H18N2O3/c1-14-13(18)10-6-2-3-7-11(10)15-12(17)8-4-5-9-16/h2-3,6-7,16H,4-5,8-9H2,1H3,(H,14,18)(H,15,17). The zero-order chi connectivity index (χ0) is 13.4. The van der Waals surface area contributed by atoms with Gasteiger partial charge in [0, 0.05) is 20.1 Å². The van der Waals surface area contributed by atoms with Gasteiger partial charge in [-0.05, 0) is 25.0 Å². The topological polar surface area (TPSA) is 78.4 Å². The summed E-state index contributed by atoms with van der Waals surface area (Å²) in [5.41, 5.74) is 0.946. The van der Waals surface area contributed by atoms with Crippen LogP contribution in [0.15, 0.2) is 24.3 Å². The van der Waals surface area contributed by atoms with E-state index in [9.17, 15) is 9.59 Å². The molecule has 98 valence electrons. The van der Waals surface area contributed by atoms with Gasteiger partial charge in [-0.25, -0.2) is 0 Å². The Kier molecular flexibility index (Phi) is 5.87. The Labute approximate surface area is 106 Å². The summed E-state index contributed by atoms with van der Waals surface area (Å²) in [7, 11) is 1.54. The highest BCUT2D eigenvalue weighted by atomic mass is 16.3. The minimum atomic E-state index is -0.235. The first kappa shape index (κ1) is 14.2. The first-order chi connectivity index (χ1) is 8.69. The van der Waals surface area contributed by atoms with Crippen LogP contribution in [0.1, 0.15) is 29.6 Å². The summed E-state index contributed by atoms with van der Waals surface area (Å²) in [6.45, 7) is 0.0854. The fourth-order valence-corrected chi connectivity index (χ4v) is 1.53. The van der Waals surface area contributed by atoms with Gasteiger partial charge in [0.25, 0.3) is 5.91 Å². The highest BCUT2D eigenvalue weighted by Gasteiger charge is 2.11. The van der Waals surface area contributed by atoms with Crippen molar-refractivity contribution in [3.63, 3.8) is 0 Å². The first-order valence-corrected chi connectivity index (χ1v) is 5.91. The number of carbonyl (C=O) groups is 2. The third kappa shape index (κ3) is 4.18. The van der Waals surface area contributed by atoms with Crippen LogP contribution in [0.25, 0.3) is 0 Å². The lowest BCUT2D eigenvalue weighted by Crippen LogP contribution is -2.21. The molecule has 5 heteroatoms. The normalized spacial score (nSPS) is 9.89. The fourth-order valence-electron chi connectivity index (χ4n) is 1.53. The van der Waals surface area contributed by atoms with Gasteiger partial charge < -0.3 is 15.7 Å². The molecular weight excluding hydrogens is 232 g/mol. The first-order valence-electron chi connectivity index (χ1n) is 5.91. The molecule has 1 rings (SSSR count). The number of aliphatic hydroxyl groups excluding tert-OH is 1. The fraction of sp³-hybridized carbons (Fsp3) is 0.385. The van der Waals surface area contributed by atoms with Crippen LogP contribution in [0, 0.1) is 0 Å². The van der Waals surface area contributed by atoms with E-state index in [-0.39, 0.29) is 18.4 Å². The van der Waals surface area contributed by atoms with E-state index < -0.39 is 0 Å². The van der Waals surface area contributed by atoms with Crippen LogP contribution in [-0.2, 0) is 4.79 Å². The third-order valence-electron chi connectivity index (χ3n) is 2.48. The van der Waals surface area contributed by atoms with Crippen molar-refractivity contribution in [2.45, 2.75) is 19.3 Å². The van der Waals surface area contributed by atoms with Crippen molar-refractivity contribution in [2.24, 2.45) is 0 Å². The van der Waals surface area contributed by atoms with Crippen LogP contribution in [-0.4, -0.2) is 30.6 Å². The Morgan fingerprint density at radius 1 is 1.22 bits per heavy atom. The minimum Gasteiger partial charge on any atom is -0.396 e. The summed E-state index contributed by atoms with van der Waals surface area (Å²) < 4.78 is 0. The molecule has 0 aliphatic heterocycles. The Morgan fingerprint density at radius 2 is 1.94 bits per heavy atom. The lowest BCUT2D eigenvalue weighted by atomic mass is 10.1. The summed E-state index contributed by atoms with van der Waals surface area (Å²) >= 11 is 0. The van der Waals surface area contributed by atoms with Crippen molar-refractivity contribution in [1.82, 2.24) is 5.32 Å². The van der Waals surface area contributed by atoms with E-state index >= 15 is 0 Å². The molecule has 0 spiro atoms. The summed E-state index contributed by atoms with van der Waals surface area (Å²) in [6.07, 6.45) is 1.57. The zero-order valence-corrected chi connectivity index (χ0v) is 10.4. The summed E-state index contributed by atoms with van der Waals surface area (Å²) in [6, 6.07) is 6.85. The average Bonchev–Trinajstić information content (AvgIpc) is 2.39. The molecule has 2 amide bonds. The smallest absolute Gasteiger partial charge is 0.253 e. The molecule has 5 nitrogen and oxygen atoms in total. The summed E-state index contributed by atoms with van der Waals surface area (Å²) in [5, 5.41) is 13.9. The van der Waals surface area contributed by atoms with Gasteiger partial charge in [0.1, 0.15) is 0 Å². The molecule has 0 heterocycles. The highest BCUT2D eigenvalue weighted by Crippen LogP contribution is 2.15. The number of anilines is 1. The summed E-state index contributed by atoms with van der Waals surface area (Å²) in [5.74, 6) is -0.388. The van der Waals surface area contributed by atoms with E-state index in [1.807, 2.05) is 0 Å². The van der Waals surface area contributed by atoms with E-state index in [1.54, 1.807) is 31.3 Å². The SMILES string of the molecule is CNC(=O)c1ccccc1NC(=O)CCCCO. The molecular formula is C13H18N2O3. The number of rotatable bonds is 6. The van der Waals surface area contributed by atoms with Crippen LogP contribution >= 0.6 is 0 Å². The van der Waals surface area contributed by atoms with Crippen LogP contribution < -0.4 is 10.6 Å². The number of aliphatic hydroxyl groups is 1. The Hall–Kier alpha value is -1.88. The van der Waals surface area contributed by atoms with Crippen LogP contribution in [0.4, 0.5) is 5.69 Å². The highest BCUT2D eigenvalue weighted by molar-refractivity contribution is 6.03. The molecule has 3 N–H and O–H groups in total. The van der Waals surface area contributed by atoms with Gasteiger partial charge in [-0.3, -0.25) is 9.59 Å². The van der Waals surface area contributed by atoms with E-state index in [0.717, 1.165) is 0 Å². The monoisotopic (exact) mass is 250 g/mol. The Bertz CT molecular complexity index is 418. The number of unbranched alkanes of at least 4 members (excludes halogenated alkanes) is 1. The third-order valence-corrected chi connectivity index (χ3v) is 2.48. The number of para-hydroxylation sites is 1. The van der Waals surface area contributed by atoms with Crippen LogP contribution in [0.2, 0.25) is 0 Å². The second-order valence-corrected chi connectivity index (χ2v) is 3.85. The van der Waals surface area contributed by atoms with Gasteiger partial charge >= 0.3 is 0 Å². The summed E-state index contributed by atoms with van der Waals surface area (Å²) in [4.78, 5) is 23.2. The Morgan fingerprint density at radius 3 is 2.61 bits per heavy atom. The van der Waals surface area contributed by atoms with Gasteiger partial charge in [-0.15, -0.1) is 0 Å². The molecule has 0 fully saturated rings. The van der Waals surface area contributed by atoms with E-state index in [4.69, 9.17) is 5.11 Å². The largest absolute Gasteiger partial charge is 0.396 e. The molecule has 1 aromatic carbocycles. The second kappa shape index (κ2) is 7.45. The molecule has 0 aliphatic carbocycles. The van der Waals surface area contributed by atoms with E-state index in [1.165, 1.54) is 0 Å². The number of hydrogen-bond acceptors (Lipinski definition) is 3. The molecule has 0 saturated heterocycles. The van der Waals surface area contributed by atoms with Gasteiger partial charge in [0.05, 0.1) is 11.3 Å². The van der Waals surface area contributed by atoms with Gasteiger partial charge in [0.15, 0.2) is 0 Å². The van der Waals surface area contributed by atoms with Crippen molar-refractivity contribution < 1.29 is 14.7 Å². The molecule has 1 aromatic rings.